The number of aryl methyl sites for hydroxylation is 1. The Labute approximate surface area is 151 Å². The van der Waals surface area contributed by atoms with E-state index in [1.807, 2.05) is 37.3 Å². The minimum Gasteiger partial charge on any atom is -0.411 e. The van der Waals surface area contributed by atoms with Crippen LogP contribution < -0.4 is 5.32 Å². The maximum Gasteiger partial charge on any atom is 0.277 e. The molecule has 0 fully saturated rings. The highest BCUT2D eigenvalue weighted by Gasteiger charge is 2.12. The fourth-order valence-electron chi connectivity index (χ4n) is 1.95. The van der Waals surface area contributed by atoms with Gasteiger partial charge < -0.3 is 9.73 Å². The number of anilines is 1. The Hall–Kier alpha value is -2.19. The van der Waals surface area contributed by atoms with Crippen molar-refractivity contribution in [1.29, 1.82) is 0 Å². The highest BCUT2D eigenvalue weighted by molar-refractivity contribution is 9.10. The molecule has 24 heavy (non-hydrogen) atoms. The summed E-state index contributed by atoms with van der Waals surface area (Å²) < 4.78 is 6.46. The highest BCUT2D eigenvalue weighted by Crippen LogP contribution is 2.25. The van der Waals surface area contributed by atoms with Gasteiger partial charge in [0.2, 0.25) is 11.8 Å². The van der Waals surface area contributed by atoms with Gasteiger partial charge in [0, 0.05) is 16.2 Å². The molecule has 0 saturated heterocycles. The molecule has 0 spiro atoms. The zero-order valence-corrected chi connectivity index (χ0v) is 15.1. The van der Waals surface area contributed by atoms with Gasteiger partial charge in [-0.3, -0.25) is 4.79 Å². The molecule has 0 aliphatic carbocycles. The van der Waals surface area contributed by atoms with E-state index in [0.29, 0.717) is 16.9 Å². The predicted molar refractivity (Wildman–Crippen MR) is 95.8 cm³/mol. The molecule has 3 aromatic rings. The second kappa shape index (κ2) is 7.59. The Bertz CT molecular complexity index is 851. The average Bonchev–Trinajstić information content (AvgIpc) is 3.04. The van der Waals surface area contributed by atoms with Crippen LogP contribution in [0, 0.1) is 6.92 Å². The zero-order valence-electron chi connectivity index (χ0n) is 12.7. The van der Waals surface area contributed by atoms with Gasteiger partial charge in [-0.2, -0.15) is 0 Å². The number of rotatable bonds is 5. The average molecular weight is 405 g/mol. The zero-order chi connectivity index (χ0) is 16.9. The monoisotopic (exact) mass is 404 g/mol. The molecule has 2 aromatic heterocycles. The largest absolute Gasteiger partial charge is 0.411 e. The molecule has 3 rings (SSSR count). The second-order valence-corrected chi connectivity index (χ2v) is 6.73. The number of nitrogens with zero attached hydrogens (tertiary/aromatic N) is 3. The number of halogens is 1. The van der Waals surface area contributed by atoms with Crippen LogP contribution >= 0.6 is 27.7 Å². The third-order valence-electron chi connectivity index (χ3n) is 3.10. The fourth-order valence-corrected chi connectivity index (χ4v) is 2.74. The minimum atomic E-state index is -0.189. The van der Waals surface area contributed by atoms with Crippen molar-refractivity contribution in [2.75, 3.05) is 11.1 Å². The smallest absolute Gasteiger partial charge is 0.277 e. The molecule has 0 bridgehead atoms. The number of amides is 1. The van der Waals surface area contributed by atoms with E-state index < -0.39 is 0 Å². The number of nitrogens with one attached hydrogen (secondary N) is 1. The number of carbonyl (C=O) groups excluding carboxylic acids is 1. The molecular weight excluding hydrogens is 392 g/mol. The third kappa shape index (κ3) is 4.21. The lowest BCUT2D eigenvalue weighted by molar-refractivity contribution is -0.113. The number of carbonyl (C=O) groups is 1. The summed E-state index contributed by atoms with van der Waals surface area (Å²) >= 11 is 4.48. The Morgan fingerprint density at radius 3 is 2.83 bits per heavy atom. The van der Waals surface area contributed by atoms with Crippen LogP contribution in [0.1, 0.15) is 5.56 Å². The Kier molecular flexibility index (Phi) is 5.27. The number of pyridine rings is 1. The van der Waals surface area contributed by atoms with Crippen molar-refractivity contribution in [1.82, 2.24) is 15.2 Å². The maximum absolute atomic E-state index is 11.9. The molecule has 1 amide bonds. The van der Waals surface area contributed by atoms with Gasteiger partial charge in [0.25, 0.3) is 5.22 Å². The first kappa shape index (κ1) is 16.7. The van der Waals surface area contributed by atoms with Crippen LogP contribution in [0.2, 0.25) is 0 Å². The van der Waals surface area contributed by atoms with E-state index in [-0.39, 0.29) is 11.7 Å². The van der Waals surface area contributed by atoms with Gasteiger partial charge in [0.1, 0.15) is 5.82 Å². The lowest BCUT2D eigenvalue weighted by Gasteiger charge is -2.02. The topological polar surface area (TPSA) is 80.9 Å². The van der Waals surface area contributed by atoms with Crippen molar-refractivity contribution < 1.29 is 9.21 Å². The van der Waals surface area contributed by atoms with E-state index in [9.17, 15) is 4.79 Å². The van der Waals surface area contributed by atoms with Crippen LogP contribution in [-0.4, -0.2) is 26.8 Å². The summed E-state index contributed by atoms with van der Waals surface area (Å²) in [7, 11) is 0. The van der Waals surface area contributed by atoms with Crippen LogP contribution in [0.5, 0.6) is 0 Å². The molecule has 6 nitrogen and oxygen atoms in total. The van der Waals surface area contributed by atoms with Crippen LogP contribution in [0.3, 0.4) is 0 Å². The number of aromatic nitrogens is 3. The molecular formula is C16H13BrN4O2S. The molecule has 122 valence electrons. The number of thioether (sulfide) groups is 1. The first-order valence-electron chi connectivity index (χ1n) is 7.05. The normalized spacial score (nSPS) is 10.6. The lowest BCUT2D eigenvalue weighted by atomic mass is 10.1. The summed E-state index contributed by atoms with van der Waals surface area (Å²) in [6.07, 6.45) is 1.62. The van der Waals surface area contributed by atoms with Crippen molar-refractivity contribution in [3.63, 3.8) is 0 Å². The molecule has 0 aliphatic rings. The Morgan fingerprint density at radius 1 is 1.25 bits per heavy atom. The molecule has 1 N–H and O–H groups in total. The molecule has 0 atom stereocenters. The first-order chi connectivity index (χ1) is 11.6. The van der Waals surface area contributed by atoms with E-state index in [2.05, 4.69) is 36.4 Å². The Morgan fingerprint density at radius 2 is 2.08 bits per heavy atom. The molecule has 0 radical (unpaired) electrons. The van der Waals surface area contributed by atoms with Gasteiger partial charge in [0.15, 0.2) is 0 Å². The van der Waals surface area contributed by atoms with Crippen molar-refractivity contribution in [3.05, 3.63) is 52.6 Å². The molecule has 0 unspecified atom stereocenters. The third-order valence-corrected chi connectivity index (χ3v) is 4.39. The van der Waals surface area contributed by atoms with Crippen LogP contribution in [-0.2, 0) is 4.79 Å². The standard InChI is InChI=1S/C16H13BrN4O2S/c1-10-4-2-3-5-12(10)15-20-21-16(23-15)24-9-14(22)19-13-7-6-11(17)8-18-13/h2-8H,9H2,1H3,(H,18,19,22). The second-order valence-electron chi connectivity index (χ2n) is 4.89. The summed E-state index contributed by atoms with van der Waals surface area (Å²) in [5, 5.41) is 11.1. The molecule has 0 saturated carbocycles. The van der Waals surface area contributed by atoms with E-state index in [0.717, 1.165) is 15.6 Å². The predicted octanol–water partition coefficient (Wildman–Crippen LogP) is 3.93. The first-order valence-corrected chi connectivity index (χ1v) is 8.83. The summed E-state index contributed by atoms with van der Waals surface area (Å²) in [6, 6.07) is 11.3. The number of hydrogen-bond donors (Lipinski definition) is 1. The number of benzene rings is 1. The van der Waals surface area contributed by atoms with E-state index >= 15 is 0 Å². The lowest BCUT2D eigenvalue weighted by Crippen LogP contribution is -2.14. The number of hydrogen-bond acceptors (Lipinski definition) is 6. The SMILES string of the molecule is Cc1ccccc1-c1nnc(SCC(=O)Nc2ccc(Br)cn2)o1. The van der Waals surface area contributed by atoms with Crippen molar-refractivity contribution in [2.24, 2.45) is 0 Å². The summed E-state index contributed by atoms with van der Waals surface area (Å²) in [5.74, 6) is 0.915. The van der Waals surface area contributed by atoms with Crippen LogP contribution in [0.4, 0.5) is 5.82 Å². The molecule has 1 aromatic carbocycles. The van der Waals surface area contributed by atoms with Gasteiger partial charge in [-0.25, -0.2) is 4.98 Å². The van der Waals surface area contributed by atoms with Crippen molar-refractivity contribution in [2.45, 2.75) is 12.1 Å². The van der Waals surface area contributed by atoms with E-state index in [4.69, 9.17) is 4.42 Å². The van der Waals surface area contributed by atoms with E-state index in [1.165, 1.54) is 11.8 Å². The van der Waals surface area contributed by atoms with Crippen LogP contribution in [0.15, 0.2) is 56.7 Å². The molecule has 0 aliphatic heterocycles. The van der Waals surface area contributed by atoms with Gasteiger partial charge in [-0.05, 0) is 46.6 Å². The van der Waals surface area contributed by atoms with Gasteiger partial charge in [-0.15, -0.1) is 10.2 Å². The van der Waals surface area contributed by atoms with Gasteiger partial charge in [-0.1, -0.05) is 30.0 Å². The van der Waals surface area contributed by atoms with Crippen molar-refractivity contribution in [3.8, 4) is 11.5 Å². The molecule has 2 heterocycles. The molecule has 8 heteroatoms. The quantitative estimate of drug-likeness (QED) is 0.648. The van der Waals surface area contributed by atoms with Gasteiger partial charge >= 0.3 is 0 Å². The maximum atomic E-state index is 11.9. The summed E-state index contributed by atoms with van der Waals surface area (Å²) in [6.45, 7) is 1.98. The minimum absolute atomic E-state index is 0.160. The van der Waals surface area contributed by atoms with Crippen molar-refractivity contribution >= 4 is 39.4 Å². The van der Waals surface area contributed by atoms with Gasteiger partial charge in [0.05, 0.1) is 5.75 Å². The van der Waals surface area contributed by atoms with Crippen LogP contribution in [0.25, 0.3) is 11.5 Å². The fraction of sp³-hybridized carbons (Fsp3) is 0.125. The van der Waals surface area contributed by atoms with E-state index in [1.54, 1.807) is 12.3 Å². The summed E-state index contributed by atoms with van der Waals surface area (Å²) in [4.78, 5) is 16.0. The Balaban J connectivity index is 1.58. The highest BCUT2D eigenvalue weighted by atomic mass is 79.9. The summed E-state index contributed by atoms with van der Waals surface area (Å²) in [5.41, 5.74) is 1.94.